The summed E-state index contributed by atoms with van der Waals surface area (Å²) < 4.78 is 10.8. The molecule has 1 heterocycles. The summed E-state index contributed by atoms with van der Waals surface area (Å²) in [6.45, 7) is 1.52. The lowest BCUT2D eigenvalue weighted by molar-refractivity contribution is -0.115. The number of anilines is 1. The van der Waals surface area contributed by atoms with Crippen LogP contribution in [0, 0.1) is 6.92 Å². The molecule has 2 aromatic carbocycles. The molecule has 0 spiro atoms. The van der Waals surface area contributed by atoms with Crippen molar-refractivity contribution < 1.29 is 18.7 Å². The maximum Gasteiger partial charge on any atom is 0.287 e. The van der Waals surface area contributed by atoms with E-state index < -0.39 is 11.8 Å². The molecule has 0 bridgehead atoms. The molecule has 0 atom stereocenters. The maximum atomic E-state index is 12.4. The number of amides is 2. The van der Waals surface area contributed by atoms with Gasteiger partial charge in [-0.15, -0.1) is 0 Å². The summed E-state index contributed by atoms with van der Waals surface area (Å²) in [7, 11) is 1.56. The Labute approximate surface area is 165 Å². The summed E-state index contributed by atoms with van der Waals surface area (Å²) >= 11 is 11.9. The number of aryl methyl sites for hydroxylation is 1. The second-order valence-electron chi connectivity index (χ2n) is 5.77. The standard InChI is InChI=1S/C19H16Cl2N2O4/c1-10-13-8-12(26-2)4-6-16(13)27-18(10)19(25)22-9-17(24)23-15-7-11(20)3-5-14(15)21/h3-8H,9H2,1-2H3,(H,22,25)(H,23,24). The lowest BCUT2D eigenvalue weighted by Crippen LogP contribution is -2.33. The van der Waals surface area contributed by atoms with Gasteiger partial charge < -0.3 is 19.8 Å². The van der Waals surface area contributed by atoms with Crippen molar-refractivity contribution in [2.75, 3.05) is 19.0 Å². The summed E-state index contributed by atoms with van der Waals surface area (Å²) in [4.78, 5) is 24.5. The quantitative estimate of drug-likeness (QED) is 0.656. The monoisotopic (exact) mass is 406 g/mol. The molecule has 140 valence electrons. The molecule has 0 saturated heterocycles. The number of nitrogens with one attached hydrogen (secondary N) is 2. The molecule has 6 nitrogen and oxygen atoms in total. The Morgan fingerprint density at radius 2 is 1.93 bits per heavy atom. The van der Waals surface area contributed by atoms with Crippen LogP contribution in [0.25, 0.3) is 11.0 Å². The van der Waals surface area contributed by atoms with E-state index in [2.05, 4.69) is 10.6 Å². The molecule has 0 aliphatic rings. The fourth-order valence-electron chi connectivity index (χ4n) is 2.57. The molecule has 2 amide bonds. The first-order chi connectivity index (χ1) is 12.9. The lowest BCUT2D eigenvalue weighted by atomic mass is 10.1. The minimum absolute atomic E-state index is 0.145. The molecule has 0 radical (unpaired) electrons. The van der Waals surface area contributed by atoms with Gasteiger partial charge in [0.2, 0.25) is 5.91 Å². The average molecular weight is 407 g/mol. The summed E-state index contributed by atoms with van der Waals surface area (Å²) in [5.41, 5.74) is 1.60. The summed E-state index contributed by atoms with van der Waals surface area (Å²) in [6, 6.07) is 9.98. The van der Waals surface area contributed by atoms with E-state index in [1.807, 2.05) is 0 Å². The van der Waals surface area contributed by atoms with Gasteiger partial charge in [0.15, 0.2) is 5.76 Å². The van der Waals surface area contributed by atoms with Crippen molar-refractivity contribution in [2.45, 2.75) is 6.92 Å². The van der Waals surface area contributed by atoms with Gasteiger partial charge in [-0.25, -0.2) is 0 Å². The highest BCUT2D eigenvalue weighted by Crippen LogP contribution is 2.29. The molecule has 3 aromatic rings. The number of hydrogen-bond donors (Lipinski definition) is 2. The molecule has 27 heavy (non-hydrogen) atoms. The fraction of sp³-hybridized carbons (Fsp3) is 0.158. The van der Waals surface area contributed by atoms with Crippen LogP contribution in [0.15, 0.2) is 40.8 Å². The van der Waals surface area contributed by atoms with Crippen molar-refractivity contribution in [3.63, 3.8) is 0 Å². The van der Waals surface area contributed by atoms with Crippen molar-refractivity contribution in [2.24, 2.45) is 0 Å². The number of carbonyl (C=O) groups is 2. The molecule has 0 saturated carbocycles. The Bertz CT molecular complexity index is 1030. The fourth-order valence-corrected chi connectivity index (χ4v) is 2.91. The van der Waals surface area contributed by atoms with Gasteiger partial charge in [0.1, 0.15) is 11.3 Å². The van der Waals surface area contributed by atoms with Crippen molar-refractivity contribution in [3.8, 4) is 5.75 Å². The minimum atomic E-state index is -0.491. The highest BCUT2D eigenvalue weighted by molar-refractivity contribution is 6.35. The van der Waals surface area contributed by atoms with Crippen LogP contribution in [0.3, 0.4) is 0 Å². The van der Waals surface area contributed by atoms with E-state index in [9.17, 15) is 9.59 Å². The number of ether oxygens (including phenoxy) is 1. The molecular weight excluding hydrogens is 391 g/mol. The number of fused-ring (bicyclic) bond motifs is 1. The number of rotatable bonds is 5. The van der Waals surface area contributed by atoms with E-state index in [1.54, 1.807) is 44.4 Å². The maximum absolute atomic E-state index is 12.4. The predicted molar refractivity (Wildman–Crippen MR) is 105 cm³/mol. The lowest BCUT2D eigenvalue weighted by Gasteiger charge is -2.08. The number of methoxy groups -OCH3 is 1. The van der Waals surface area contributed by atoms with Crippen molar-refractivity contribution in [3.05, 3.63) is 57.8 Å². The molecule has 0 aliphatic heterocycles. The summed E-state index contributed by atoms with van der Waals surface area (Å²) in [5, 5.41) is 6.69. The van der Waals surface area contributed by atoms with E-state index in [4.69, 9.17) is 32.4 Å². The average Bonchev–Trinajstić information content (AvgIpc) is 2.99. The summed E-state index contributed by atoms with van der Waals surface area (Å²) in [5.74, 6) is -0.124. The molecule has 8 heteroatoms. The van der Waals surface area contributed by atoms with Crippen LogP contribution in [-0.2, 0) is 4.79 Å². The van der Waals surface area contributed by atoms with Crippen LogP contribution < -0.4 is 15.4 Å². The Balaban J connectivity index is 1.68. The zero-order valence-electron chi connectivity index (χ0n) is 14.6. The third-order valence-corrected chi connectivity index (χ3v) is 4.53. The van der Waals surface area contributed by atoms with Crippen LogP contribution in [0.2, 0.25) is 10.0 Å². The first kappa shape index (κ1) is 19.1. The second kappa shape index (κ2) is 7.90. The highest BCUT2D eigenvalue weighted by atomic mass is 35.5. The largest absolute Gasteiger partial charge is 0.497 e. The Morgan fingerprint density at radius 3 is 2.67 bits per heavy atom. The Kier molecular flexibility index (Phi) is 5.58. The van der Waals surface area contributed by atoms with Crippen LogP contribution in [0.4, 0.5) is 5.69 Å². The SMILES string of the molecule is COc1ccc2oc(C(=O)NCC(=O)Nc3cc(Cl)ccc3Cl)c(C)c2c1. The molecule has 2 N–H and O–H groups in total. The van der Waals surface area contributed by atoms with Gasteiger partial charge in [0.25, 0.3) is 5.91 Å². The topological polar surface area (TPSA) is 80.6 Å². The van der Waals surface area contributed by atoms with Gasteiger partial charge in [0.05, 0.1) is 24.4 Å². The van der Waals surface area contributed by atoms with Crippen molar-refractivity contribution in [1.29, 1.82) is 0 Å². The molecule has 0 aliphatic carbocycles. The number of hydrogen-bond acceptors (Lipinski definition) is 4. The molecule has 0 unspecified atom stereocenters. The second-order valence-corrected chi connectivity index (χ2v) is 6.62. The smallest absolute Gasteiger partial charge is 0.287 e. The van der Waals surface area contributed by atoms with Crippen molar-refractivity contribution in [1.82, 2.24) is 5.32 Å². The normalized spacial score (nSPS) is 10.7. The van der Waals surface area contributed by atoms with E-state index >= 15 is 0 Å². The van der Waals surface area contributed by atoms with Crippen LogP contribution >= 0.6 is 23.2 Å². The summed E-state index contributed by atoms with van der Waals surface area (Å²) in [6.07, 6.45) is 0. The van der Waals surface area contributed by atoms with Crippen LogP contribution in [0.1, 0.15) is 16.1 Å². The zero-order valence-corrected chi connectivity index (χ0v) is 16.1. The van der Waals surface area contributed by atoms with Gasteiger partial charge in [0, 0.05) is 16.0 Å². The number of halogens is 2. The van der Waals surface area contributed by atoms with Crippen LogP contribution in [0.5, 0.6) is 5.75 Å². The van der Waals surface area contributed by atoms with Crippen LogP contribution in [-0.4, -0.2) is 25.5 Å². The zero-order chi connectivity index (χ0) is 19.6. The first-order valence-electron chi connectivity index (χ1n) is 7.99. The van der Waals surface area contributed by atoms with Gasteiger partial charge >= 0.3 is 0 Å². The van der Waals surface area contributed by atoms with Gasteiger partial charge in [-0.1, -0.05) is 23.2 Å². The van der Waals surface area contributed by atoms with E-state index in [1.165, 1.54) is 6.07 Å². The predicted octanol–water partition coefficient (Wildman–Crippen LogP) is 4.43. The van der Waals surface area contributed by atoms with E-state index in [0.717, 1.165) is 5.39 Å². The van der Waals surface area contributed by atoms with E-state index in [-0.39, 0.29) is 12.3 Å². The molecule has 1 aromatic heterocycles. The molecule has 3 rings (SSSR count). The molecular formula is C19H16Cl2N2O4. The number of carbonyl (C=O) groups excluding carboxylic acids is 2. The third kappa shape index (κ3) is 4.18. The van der Waals surface area contributed by atoms with Gasteiger partial charge in [-0.2, -0.15) is 0 Å². The Morgan fingerprint density at radius 1 is 1.15 bits per heavy atom. The Hall–Kier alpha value is -2.70. The molecule has 0 fully saturated rings. The number of benzene rings is 2. The van der Waals surface area contributed by atoms with E-state index in [0.29, 0.717) is 32.6 Å². The number of furan rings is 1. The first-order valence-corrected chi connectivity index (χ1v) is 8.75. The minimum Gasteiger partial charge on any atom is -0.497 e. The van der Waals surface area contributed by atoms with Gasteiger partial charge in [-0.3, -0.25) is 9.59 Å². The third-order valence-electron chi connectivity index (χ3n) is 3.96. The van der Waals surface area contributed by atoms with Gasteiger partial charge in [-0.05, 0) is 43.3 Å². The van der Waals surface area contributed by atoms with Crippen molar-refractivity contribution >= 4 is 51.7 Å². The highest BCUT2D eigenvalue weighted by Gasteiger charge is 2.19.